The molecule has 8 nitrogen and oxygen atoms in total. The van der Waals surface area contributed by atoms with E-state index in [-0.39, 0.29) is 25.0 Å². The topological polar surface area (TPSA) is 108 Å². The van der Waals surface area contributed by atoms with E-state index < -0.39 is 6.04 Å². The molecule has 3 aromatic rings. The van der Waals surface area contributed by atoms with Crippen molar-refractivity contribution >= 4 is 40.1 Å². The van der Waals surface area contributed by atoms with Gasteiger partial charge in [-0.25, -0.2) is 4.98 Å². The molecule has 0 saturated carbocycles. The van der Waals surface area contributed by atoms with E-state index in [0.29, 0.717) is 35.1 Å². The summed E-state index contributed by atoms with van der Waals surface area (Å²) >= 11 is 5.99. The third-order valence-corrected chi connectivity index (χ3v) is 5.25. The van der Waals surface area contributed by atoms with E-state index in [4.69, 9.17) is 16.3 Å². The van der Waals surface area contributed by atoms with Crippen LogP contribution in [-0.4, -0.2) is 53.3 Å². The summed E-state index contributed by atoms with van der Waals surface area (Å²) in [5.74, 6) is -0.0160. The Bertz CT molecular complexity index is 1110. The van der Waals surface area contributed by atoms with Gasteiger partial charge in [0.15, 0.2) is 0 Å². The molecule has 1 aliphatic rings. The summed E-state index contributed by atoms with van der Waals surface area (Å²) in [5, 5.41) is 13.1. The number of carbonyl (C=O) groups excluding carboxylic acids is 2. The van der Waals surface area contributed by atoms with Gasteiger partial charge in [0.05, 0.1) is 24.2 Å². The van der Waals surface area contributed by atoms with Crippen LogP contribution in [0.25, 0.3) is 11.0 Å². The maximum atomic E-state index is 12.8. The highest BCUT2D eigenvalue weighted by atomic mass is 35.5. The molecule has 0 aliphatic carbocycles. The minimum absolute atomic E-state index is 0.0581. The molecule has 1 aliphatic heterocycles. The minimum Gasteiger partial charge on any atom is -0.394 e. The third kappa shape index (κ3) is 4.02. The number of aliphatic hydroxyl groups excluding tert-OH is 1. The van der Waals surface area contributed by atoms with Crippen LogP contribution in [0.1, 0.15) is 27.8 Å². The Morgan fingerprint density at radius 2 is 2.20 bits per heavy atom. The molecule has 1 aromatic heterocycles. The number of nitrogens with zero attached hydrogens (tertiary/aromatic N) is 2. The molecule has 4 rings (SSSR count). The van der Waals surface area contributed by atoms with Crippen molar-refractivity contribution in [2.45, 2.75) is 13.0 Å². The number of aromatic amines is 1. The van der Waals surface area contributed by atoms with Gasteiger partial charge in [-0.3, -0.25) is 9.59 Å². The molecule has 1 fully saturated rings. The smallest absolute Gasteiger partial charge is 0.253 e. The first-order valence-electron chi connectivity index (χ1n) is 9.52. The Morgan fingerprint density at radius 3 is 2.93 bits per heavy atom. The van der Waals surface area contributed by atoms with Crippen molar-refractivity contribution in [3.05, 3.63) is 58.4 Å². The van der Waals surface area contributed by atoms with Gasteiger partial charge < -0.3 is 25.0 Å². The van der Waals surface area contributed by atoms with Crippen LogP contribution in [0, 0.1) is 6.92 Å². The number of morpholine rings is 1. The van der Waals surface area contributed by atoms with Gasteiger partial charge >= 0.3 is 0 Å². The number of carbonyl (C=O) groups is 2. The molecule has 2 aromatic carbocycles. The largest absolute Gasteiger partial charge is 0.394 e. The molecule has 0 radical (unpaired) electrons. The van der Waals surface area contributed by atoms with Crippen molar-refractivity contribution in [2.24, 2.45) is 0 Å². The second-order valence-corrected chi connectivity index (χ2v) is 7.53. The quantitative estimate of drug-likeness (QED) is 0.578. The van der Waals surface area contributed by atoms with Crippen LogP contribution >= 0.6 is 11.6 Å². The lowest BCUT2D eigenvalue weighted by atomic mass is 10.1. The van der Waals surface area contributed by atoms with Gasteiger partial charge in [-0.05, 0) is 48.9 Å². The summed E-state index contributed by atoms with van der Waals surface area (Å²) < 4.78 is 5.17. The summed E-state index contributed by atoms with van der Waals surface area (Å²) in [4.78, 5) is 34.0. The van der Waals surface area contributed by atoms with Crippen molar-refractivity contribution in [1.29, 1.82) is 0 Å². The van der Waals surface area contributed by atoms with Gasteiger partial charge in [0.1, 0.15) is 18.5 Å². The number of hydrogen-bond acceptors (Lipinski definition) is 5. The summed E-state index contributed by atoms with van der Waals surface area (Å²) in [6, 6.07) is 9.67. The lowest BCUT2D eigenvalue weighted by Gasteiger charge is -2.28. The summed E-state index contributed by atoms with van der Waals surface area (Å²) in [7, 11) is 0. The zero-order valence-corrected chi connectivity index (χ0v) is 17.1. The Hall–Kier alpha value is -2.94. The predicted molar refractivity (Wildman–Crippen MR) is 113 cm³/mol. The number of benzene rings is 2. The van der Waals surface area contributed by atoms with Crippen molar-refractivity contribution in [3.63, 3.8) is 0 Å². The molecule has 9 heteroatoms. The molecule has 30 heavy (non-hydrogen) atoms. The number of rotatable bonds is 5. The SMILES string of the molecule is Cc1cc(C(=O)N[C@@H](CO)c2nc3cc(Cl)ccc3[nH]2)ccc1N1CCOCC1=O. The summed E-state index contributed by atoms with van der Waals surface area (Å²) in [6.07, 6.45) is 0. The van der Waals surface area contributed by atoms with E-state index in [2.05, 4.69) is 15.3 Å². The third-order valence-electron chi connectivity index (χ3n) is 5.02. The molecule has 0 unspecified atom stereocenters. The Kier molecular flexibility index (Phi) is 5.72. The monoisotopic (exact) mass is 428 g/mol. The molecule has 1 saturated heterocycles. The highest BCUT2D eigenvalue weighted by Gasteiger charge is 2.23. The van der Waals surface area contributed by atoms with Gasteiger partial charge in [-0.2, -0.15) is 0 Å². The lowest BCUT2D eigenvalue weighted by molar-refractivity contribution is -0.125. The second kappa shape index (κ2) is 8.43. The lowest BCUT2D eigenvalue weighted by Crippen LogP contribution is -2.42. The minimum atomic E-state index is -0.704. The van der Waals surface area contributed by atoms with Crippen molar-refractivity contribution in [2.75, 3.05) is 31.3 Å². The fraction of sp³-hybridized carbons (Fsp3) is 0.286. The van der Waals surface area contributed by atoms with Crippen molar-refractivity contribution in [3.8, 4) is 0 Å². The van der Waals surface area contributed by atoms with Crippen LogP contribution in [0.5, 0.6) is 0 Å². The van der Waals surface area contributed by atoms with E-state index in [1.807, 2.05) is 6.92 Å². The first kappa shape index (κ1) is 20.3. The van der Waals surface area contributed by atoms with Gasteiger partial charge in [0, 0.05) is 22.8 Å². The maximum Gasteiger partial charge on any atom is 0.253 e. The average Bonchev–Trinajstić information content (AvgIpc) is 3.15. The number of hydrogen-bond donors (Lipinski definition) is 3. The Labute approximate surface area is 177 Å². The maximum absolute atomic E-state index is 12.8. The van der Waals surface area contributed by atoms with E-state index in [1.54, 1.807) is 41.3 Å². The number of aryl methyl sites for hydroxylation is 1. The number of amides is 2. The first-order chi connectivity index (χ1) is 14.5. The zero-order chi connectivity index (χ0) is 21.3. The van der Waals surface area contributed by atoms with Crippen LogP contribution in [0.15, 0.2) is 36.4 Å². The number of halogens is 1. The molecule has 2 amide bonds. The molecular formula is C21H21ClN4O4. The van der Waals surface area contributed by atoms with E-state index in [1.165, 1.54) is 0 Å². The average molecular weight is 429 g/mol. The van der Waals surface area contributed by atoms with Gasteiger partial charge in [-0.1, -0.05) is 11.6 Å². The second-order valence-electron chi connectivity index (χ2n) is 7.09. The van der Waals surface area contributed by atoms with Crippen molar-refractivity contribution in [1.82, 2.24) is 15.3 Å². The number of imidazole rings is 1. The Balaban J connectivity index is 1.53. The molecule has 2 heterocycles. The van der Waals surface area contributed by atoms with Gasteiger partial charge in [0.2, 0.25) is 0 Å². The number of aromatic nitrogens is 2. The van der Waals surface area contributed by atoms with Gasteiger partial charge in [-0.15, -0.1) is 0 Å². The number of ether oxygens (including phenoxy) is 1. The molecule has 3 N–H and O–H groups in total. The standard InChI is InChI=1S/C21H21ClN4O4/c1-12-8-13(2-5-18(12)26-6-7-30-11-19(26)28)21(29)25-17(10-27)20-23-15-4-3-14(22)9-16(15)24-20/h2-5,8-9,17,27H,6-7,10-11H2,1H3,(H,23,24)(H,25,29)/t17-/m0/s1. The zero-order valence-electron chi connectivity index (χ0n) is 16.3. The predicted octanol–water partition coefficient (Wildman–Crippen LogP) is 2.35. The van der Waals surface area contributed by atoms with E-state index in [9.17, 15) is 14.7 Å². The summed E-state index contributed by atoms with van der Waals surface area (Å²) in [6.45, 7) is 2.55. The molecule has 0 bridgehead atoms. The van der Waals surface area contributed by atoms with Crippen LogP contribution in [-0.2, 0) is 9.53 Å². The van der Waals surface area contributed by atoms with Crippen molar-refractivity contribution < 1.29 is 19.4 Å². The van der Waals surface area contributed by atoms with Gasteiger partial charge in [0.25, 0.3) is 11.8 Å². The first-order valence-corrected chi connectivity index (χ1v) is 9.89. The number of aliphatic hydroxyl groups is 1. The van der Waals surface area contributed by atoms with E-state index >= 15 is 0 Å². The number of fused-ring (bicyclic) bond motifs is 1. The number of nitrogens with one attached hydrogen (secondary N) is 2. The Morgan fingerprint density at radius 1 is 1.37 bits per heavy atom. The van der Waals surface area contributed by atoms with Crippen LogP contribution in [0.2, 0.25) is 5.02 Å². The molecule has 1 atom stereocenters. The van der Waals surface area contributed by atoms with Crippen LogP contribution < -0.4 is 10.2 Å². The highest BCUT2D eigenvalue weighted by molar-refractivity contribution is 6.31. The fourth-order valence-corrected chi connectivity index (χ4v) is 3.64. The number of H-pyrrole nitrogens is 1. The molecule has 0 spiro atoms. The van der Waals surface area contributed by atoms with Crippen LogP contribution in [0.3, 0.4) is 0 Å². The van der Waals surface area contributed by atoms with E-state index in [0.717, 1.165) is 16.8 Å². The molecule has 156 valence electrons. The normalized spacial score (nSPS) is 15.4. The summed E-state index contributed by atoms with van der Waals surface area (Å²) in [5.41, 5.74) is 3.40. The fourth-order valence-electron chi connectivity index (χ4n) is 3.48. The molecular weight excluding hydrogens is 408 g/mol. The number of anilines is 1. The van der Waals surface area contributed by atoms with Crippen LogP contribution in [0.4, 0.5) is 5.69 Å². The highest BCUT2D eigenvalue weighted by Crippen LogP contribution is 2.24.